The van der Waals surface area contributed by atoms with Crippen LogP contribution in [0.4, 0.5) is 10.5 Å². The number of nitrogens with zero attached hydrogens (tertiary/aromatic N) is 1. The topological polar surface area (TPSA) is 243 Å². The second-order valence-electron chi connectivity index (χ2n) is 14.2. The molecule has 312 valence electrons. The number of ether oxygens (including phenoxy) is 5. The number of hydrogen-bond acceptors (Lipinski definition) is 12. The second-order valence-corrected chi connectivity index (χ2v) is 14.2. The Balaban J connectivity index is 1.71. The van der Waals surface area contributed by atoms with Gasteiger partial charge in [-0.05, 0) is 57.2 Å². The van der Waals surface area contributed by atoms with Crippen LogP contribution in [-0.2, 0) is 59.1 Å². The van der Waals surface area contributed by atoms with Crippen molar-refractivity contribution in [3.8, 4) is 0 Å². The van der Waals surface area contributed by atoms with E-state index in [1.165, 1.54) is 12.2 Å². The van der Waals surface area contributed by atoms with Gasteiger partial charge in [-0.1, -0.05) is 26.0 Å². The van der Waals surface area contributed by atoms with Crippen molar-refractivity contribution in [2.75, 3.05) is 71.3 Å². The summed E-state index contributed by atoms with van der Waals surface area (Å²) in [6.07, 6.45) is 2.93. The van der Waals surface area contributed by atoms with Gasteiger partial charge in [-0.3, -0.25) is 33.7 Å². The van der Waals surface area contributed by atoms with Crippen molar-refractivity contribution < 1.29 is 57.2 Å². The Morgan fingerprint density at radius 1 is 0.768 bits per heavy atom. The van der Waals surface area contributed by atoms with Crippen molar-refractivity contribution in [3.63, 3.8) is 0 Å². The maximum atomic E-state index is 13.4. The minimum Gasteiger partial charge on any atom is -0.460 e. The fraction of sp³-hybridized carbons (Fsp3) is 0.605. The summed E-state index contributed by atoms with van der Waals surface area (Å²) in [5.74, 6) is -2.82. The molecule has 0 aromatic heterocycles. The van der Waals surface area contributed by atoms with E-state index in [0.717, 1.165) is 10.5 Å². The summed E-state index contributed by atoms with van der Waals surface area (Å²) in [6, 6.07) is 4.06. The fourth-order valence-corrected chi connectivity index (χ4v) is 4.84. The van der Waals surface area contributed by atoms with Gasteiger partial charge in [-0.15, -0.1) is 0 Å². The average molecular weight is 791 g/mol. The van der Waals surface area contributed by atoms with Crippen molar-refractivity contribution in [3.05, 3.63) is 42.0 Å². The highest BCUT2D eigenvalue weighted by atomic mass is 16.6. The molecule has 1 aromatic carbocycles. The van der Waals surface area contributed by atoms with Gasteiger partial charge in [-0.2, -0.15) is 0 Å². The number of urea groups is 1. The zero-order chi connectivity index (χ0) is 41.5. The van der Waals surface area contributed by atoms with Crippen LogP contribution < -0.4 is 27.0 Å². The van der Waals surface area contributed by atoms with Gasteiger partial charge in [0.05, 0.1) is 64.8 Å². The van der Waals surface area contributed by atoms with Crippen molar-refractivity contribution in [1.82, 2.24) is 20.9 Å². The number of carbonyl (C=O) groups is 7. The van der Waals surface area contributed by atoms with E-state index in [-0.39, 0.29) is 82.7 Å². The first kappa shape index (κ1) is 47.2. The summed E-state index contributed by atoms with van der Waals surface area (Å²) in [5.41, 5.74) is 5.69. The SMILES string of the molecule is CC(C)C(NC(=O)CCOCCOCCOCCOCCN1C(=O)C=CC1=O)C(=O)N[C@@H](CCCNC(N)=O)C(=O)Nc1ccc(COC(=O)C(C)(C)C)cc1. The van der Waals surface area contributed by atoms with Crippen molar-refractivity contribution in [2.45, 2.75) is 72.6 Å². The molecule has 0 aliphatic carbocycles. The molecule has 18 nitrogen and oxygen atoms in total. The molecule has 18 heteroatoms. The van der Waals surface area contributed by atoms with Gasteiger partial charge in [0.2, 0.25) is 17.7 Å². The normalized spacial score (nSPS) is 13.7. The molecule has 1 aliphatic rings. The summed E-state index contributed by atoms with van der Waals surface area (Å²) < 4.78 is 27.1. The number of nitrogens with two attached hydrogens (primary N) is 1. The first-order chi connectivity index (χ1) is 26.6. The fourth-order valence-electron chi connectivity index (χ4n) is 4.84. The van der Waals surface area contributed by atoms with Gasteiger partial charge in [0.25, 0.3) is 11.8 Å². The zero-order valence-corrected chi connectivity index (χ0v) is 33.0. The molecular weight excluding hydrogens is 732 g/mol. The molecular formula is C38H58N6O12. The number of rotatable bonds is 27. The molecule has 1 aliphatic heterocycles. The Labute approximate surface area is 327 Å². The van der Waals surface area contributed by atoms with E-state index in [9.17, 15) is 33.6 Å². The highest BCUT2D eigenvalue weighted by Crippen LogP contribution is 2.18. The lowest BCUT2D eigenvalue weighted by molar-refractivity contribution is -0.154. The quantitative estimate of drug-likeness (QED) is 0.0479. The molecule has 0 fully saturated rings. The van der Waals surface area contributed by atoms with Crippen molar-refractivity contribution >= 4 is 47.2 Å². The summed E-state index contributed by atoms with van der Waals surface area (Å²) in [5, 5.41) is 10.7. The molecule has 0 radical (unpaired) electrons. The molecule has 0 saturated carbocycles. The minimum atomic E-state index is -1.01. The second kappa shape index (κ2) is 25.3. The van der Waals surface area contributed by atoms with Gasteiger partial charge in [0.15, 0.2) is 0 Å². The van der Waals surface area contributed by atoms with Gasteiger partial charge >= 0.3 is 12.0 Å². The van der Waals surface area contributed by atoms with Gasteiger partial charge in [-0.25, -0.2) is 4.79 Å². The maximum Gasteiger partial charge on any atom is 0.312 e. The predicted octanol–water partition coefficient (Wildman–Crippen LogP) is 1.17. The summed E-state index contributed by atoms with van der Waals surface area (Å²) in [7, 11) is 0. The van der Waals surface area contributed by atoms with Crippen LogP contribution >= 0.6 is 0 Å². The number of imide groups is 1. The Morgan fingerprint density at radius 2 is 1.32 bits per heavy atom. The van der Waals surface area contributed by atoms with E-state index in [1.54, 1.807) is 58.9 Å². The molecule has 0 bridgehead atoms. The van der Waals surface area contributed by atoms with E-state index in [2.05, 4.69) is 21.3 Å². The first-order valence-corrected chi connectivity index (χ1v) is 18.6. The Kier molecular flexibility index (Phi) is 21.3. The number of amides is 7. The van der Waals surface area contributed by atoms with Crippen LogP contribution in [0.3, 0.4) is 0 Å². The zero-order valence-electron chi connectivity index (χ0n) is 33.0. The predicted molar refractivity (Wildman–Crippen MR) is 204 cm³/mol. The molecule has 2 atom stereocenters. The minimum absolute atomic E-state index is 0.00962. The molecule has 1 aromatic rings. The van der Waals surface area contributed by atoms with Crippen LogP contribution in [0.25, 0.3) is 0 Å². The number of benzene rings is 1. The lowest BCUT2D eigenvalue weighted by Gasteiger charge is -2.25. The van der Waals surface area contributed by atoms with Crippen LogP contribution in [-0.4, -0.2) is 124 Å². The van der Waals surface area contributed by atoms with Crippen LogP contribution in [0.15, 0.2) is 36.4 Å². The van der Waals surface area contributed by atoms with Crippen LogP contribution in [0.5, 0.6) is 0 Å². The van der Waals surface area contributed by atoms with Crippen LogP contribution in [0, 0.1) is 11.3 Å². The van der Waals surface area contributed by atoms with Crippen LogP contribution in [0.2, 0.25) is 0 Å². The lowest BCUT2D eigenvalue weighted by atomic mass is 9.97. The van der Waals surface area contributed by atoms with Gasteiger partial charge in [0, 0.05) is 30.8 Å². The number of carbonyl (C=O) groups excluding carboxylic acids is 7. The molecule has 0 saturated heterocycles. The molecule has 0 spiro atoms. The molecule has 7 amide bonds. The lowest BCUT2D eigenvalue weighted by Crippen LogP contribution is -2.54. The van der Waals surface area contributed by atoms with Gasteiger partial charge < -0.3 is 50.7 Å². The Morgan fingerprint density at radius 3 is 1.86 bits per heavy atom. The standard InChI is InChI=1S/C38H58N6O12/c1-26(2)33(43-30(45)14-17-52-19-21-54-23-24-55-22-20-53-18-16-44-31(46)12-13-32(44)47)35(49)42-29(7-6-15-40-37(39)51)34(48)41-28-10-8-27(9-11-28)25-56-36(50)38(3,4)5/h8-13,26,29,33H,6-7,14-25H2,1-5H3,(H,41,48)(H,42,49)(H,43,45)(H3,39,40,51)/t29-,33?/m0/s1. The smallest absolute Gasteiger partial charge is 0.312 e. The van der Waals surface area contributed by atoms with E-state index in [1.807, 2.05) is 0 Å². The molecule has 56 heavy (non-hydrogen) atoms. The first-order valence-electron chi connectivity index (χ1n) is 18.6. The summed E-state index contributed by atoms with van der Waals surface area (Å²) in [6.45, 7) is 11.4. The van der Waals surface area contributed by atoms with Crippen molar-refractivity contribution in [1.29, 1.82) is 0 Å². The number of hydrogen-bond donors (Lipinski definition) is 5. The highest BCUT2D eigenvalue weighted by molar-refractivity contribution is 6.12. The molecule has 1 heterocycles. The third-order valence-corrected chi connectivity index (χ3v) is 8.02. The number of primary amides is 1. The van der Waals surface area contributed by atoms with E-state index < -0.39 is 41.3 Å². The number of anilines is 1. The van der Waals surface area contributed by atoms with Crippen molar-refractivity contribution in [2.24, 2.45) is 17.1 Å². The molecule has 1 unspecified atom stereocenters. The Bertz CT molecular complexity index is 1460. The third-order valence-electron chi connectivity index (χ3n) is 8.02. The largest absolute Gasteiger partial charge is 0.460 e. The van der Waals surface area contributed by atoms with E-state index in [0.29, 0.717) is 38.5 Å². The average Bonchev–Trinajstić information content (AvgIpc) is 3.46. The Hall–Kier alpha value is -4.91. The number of esters is 1. The monoisotopic (exact) mass is 790 g/mol. The number of nitrogens with one attached hydrogen (secondary N) is 4. The van der Waals surface area contributed by atoms with Gasteiger partial charge in [0.1, 0.15) is 18.7 Å². The summed E-state index contributed by atoms with van der Waals surface area (Å²) >= 11 is 0. The van der Waals surface area contributed by atoms with E-state index >= 15 is 0 Å². The molecule has 2 rings (SSSR count). The van der Waals surface area contributed by atoms with Crippen LogP contribution in [0.1, 0.15) is 59.4 Å². The highest BCUT2D eigenvalue weighted by Gasteiger charge is 2.29. The summed E-state index contributed by atoms with van der Waals surface area (Å²) in [4.78, 5) is 86.8. The van der Waals surface area contributed by atoms with E-state index in [4.69, 9.17) is 29.4 Å². The maximum absolute atomic E-state index is 13.4. The molecule has 6 N–H and O–H groups in total. The third kappa shape index (κ3) is 19.1.